The number of hydrogen-bond acceptors (Lipinski definition) is 5. The maximum atomic E-state index is 13.5. The van der Waals surface area contributed by atoms with E-state index in [1.165, 1.54) is 0 Å². The van der Waals surface area contributed by atoms with Crippen LogP contribution in [0, 0.1) is 0 Å². The molecule has 31 heavy (non-hydrogen) atoms. The summed E-state index contributed by atoms with van der Waals surface area (Å²) < 4.78 is 10.6. The molecule has 2 amide bonds. The first-order chi connectivity index (χ1) is 15.0. The first-order valence-electron chi connectivity index (χ1n) is 9.80. The minimum absolute atomic E-state index is 0.0853. The largest absolute Gasteiger partial charge is 0.497 e. The molecule has 1 aliphatic heterocycles. The lowest BCUT2D eigenvalue weighted by Crippen LogP contribution is -2.48. The lowest BCUT2D eigenvalue weighted by atomic mass is 10.0. The molecular formula is C24H23N3O4. The fourth-order valence-electron chi connectivity index (χ4n) is 3.77. The molecule has 0 unspecified atom stereocenters. The number of benzene rings is 3. The van der Waals surface area contributed by atoms with Crippen molar-refractivity contribution in [3.05, 3.63) is 83.9 Å². The molecule has 2 N–H and O–H groups in total. The number of anilines is 2. The molecular weight excluding hydrogens is 394 g/mol. The SMILES string of the molecule is COc1ccc(N2C(=O)c3ccccc3N(C)[C@H]2c2ccc(OCC(N)=O)cc2)cc1. The summed E-state index contributed by atoms with van der Waals surface area (Å²) in [5.74, 6) is 0.625. The van der Waals surface area contributed by atoms with E-state index >= 15 is 0 Å². The molecule has 1 atom stereocenters. The van der Waals surface area contributed by atoms with Crippen LogP contribution in [0.25, 0.3) is 0 Å². The maximum Gasteiger partial charge on any atom is 0.262 e. The predicted octanol–water partition coefficient (Wildman–Crippen LogP) is 3.35. The van der Waals surface area contributed by atoms with Gasteiger partial charge in [-0.2, -0.15) is 0 Å². The van der Waals surface area contributed by atoms with E-state index in [9.17, 15) is 9.59 Å². The predicted molar refractivity (Wildman–Crippen MR) is 119 cm³/mol. The van der Waals surface area contributed by atoms with Crippen LogP contribution in [0.4, 0.5) is 11.4 Å². The van der Waals surface area contributed by atoms with Crippen LogP contribution in [0.3, 0.4) is 0 Å². The quantitative estimate of drug-likeness (QED) is 0.665. The monoisotopic (exact) mass is 417 g/mol. The van der Waals surface area contributed by atoms with Crippen LogP contribution >= 0.6 is 0 Å². The normalized spacial score (nSPS) is 15.4. The molecule has 1 heterocycles. The van der Waals surface area contributed by atoms with Crippen molar-refractivity contribution in [1.29, 1.82) is 0 Å². The number of nitrogens with two attached hydrogens (primary N) is 1. The molecule has 1 aliphatic rings. The van der Waals surface area contributed by atoms with Crippen LogP contribution < -0.4 is 25.0 Å². The third-order valence-corrected chi connectivity index (χ3v) is 5.25. The minimum atomic E-state index is -0.538. The number of methoxy groups -OCH3 is 1. The third kappa shape index (κ3) is 3.90. The van der Waals surface area contributed by atoms with Crippen LogP contribution in [-0.4, -0.2) is 32.6 Å². The summed E-state index contributed by atoms with van der Waals surface area (Å²) in [7, 11) is 3.57. The van der Waals surface area contributed by atoms with Crippen molar-refractivity contribution >= 4 is 23.2 Å². The molecule has 0 fully saturated rings. The second-order valence-electron chi connectivity index (χ2n) is 7.20. The fourth-order valence-corrected chi connectivity index (χ4v) is 3.77. The zero-order valence-electron chi connectivity index (χ0n) is 17.3. The van der Waals surface area contributed by atoms with Gasteiger partial charge in [0.05, 0.1) is 18.4 Å². The zero-order valence-corrected chi connectivity index (χ0v) is 17.3. The Morgan fingerprint density at radius 1 is 0.968 bits per heavy atom. The molecule has 0 aromatic heterocycles. The van der Waals surface area contributed by atoms with E-state index in [-0.39, 0.29) is 18.7 Å². The first-order valence-corrected chi connectivity index (χ1v) is 9.80. The smallest absolute Gasteiger partial charge is 0.262 e. The Balaban J connectivity index is 1.76. The lowest BCUT2D eigenvalue weighted by Gasteiger charge is -2.44. The summed E-state index contributed by atoms with van der Waals surface area (Å²) >= 11 is 0. The molecule has 0 saturated carbocycles. The molecule has 4 rings (SSSR count). The van der Waals surface area contributed by atoms with E-state index < -0.39 is 5.91 Å². The van der Waals surface area contributed by atoms with E-state index in [0.717, 1.165) is 22.7 Å². The van der Waals surface area contributed by atoms with Gasteiger partial charge >= 0.3 is 0 Å². The number of primary amides is 1. The Morgan fingerprint density at radius 3 is 2.26 bits per heavy atom. The molecule has 0 bridgehead atoms. The van der Waals surface area contributed by atoms with Crippen molar-refractivity contribution in [3.8, 4) is 11.5 Å². The Labute approximate surface area is 180 Å². The van der Waals surface area contributed by atoms with Crippen molar-refractivity contribution in [1.82, 2.24) is 0 Å². The zero-order chi connectivity index (χ0) is 22.0. The lowest BCUT2D eigenvalue weighted by molar-refractivity contribution is -0.119. The standard InChI is InChI=1S/C24H23N3O4/c1-26-21-6-4-3-5-20(21)24(29)27(17-9-13-18(30-2)14-10-17)23(26)16-7-11-19(12-8-16)31-15-22(25)28/h3-14,23H,15H2,1-2H3,(H2,25,28)/t23-/m1/s1. The van der Waals surface area contributed by atoms with Crippen molar-refractivity contribution in [2.75, 3.05) is 30.6 Å². The molecule has 0 spiro atoms. The van der Waals surface area contributed by atoms with Gasteiger partial charge in [0.25, 0.3) is 11.8 Å². The summed E-state index contributed by atoms with van der Waals surface area (Å²) in [5.41, 5.74) is 8.29. The number of amides is 2. The van der Waals surface area contributed by atoms with E-state index in [2.05, 4.69) is 4.90 Å². The summed E-state index contributed by atoms with van der Waals surface area (Å²) in [6.07, 6.45) is -0.374. The number of para-hydroxylation sites is 1. The Hall–Kier alpha value is -4.00. The van der Waals surface area contributed by atoms with E-state index in [1.54, 1.807) is 24.1 Å². The molecule has 0 saturated heterocycles. The van der Waals surface area contributed by atoms with E-state index in [1.807, 2.05) is 67.7 Å². The molecule has 7 nitrogen and oxygen atoms in total. The van der Waals surface area contributed by atoms with Gasteiger partial charge in [-0.1, -0.05) is 24.3 Å². The highest BCUT2D eigenvalue weighted by molar-refractivity contribution is 6.12. The Morgan fingerprint density at radius 2 is 1.61 bits per heavy atom. The average Bonchev–Trinajstić information content (AvgIpc) is 2.80. The van der Waals surface area contributed by atoms with Crippen molar-refractivity contribution in [3.63, 3.8) is 0 Å². The average molecular weight is 417 g/mol. The van der Waals surface area contributed by atoms with Crippen LogP contribution in [-0.2, 0) is 4.79 Å². The number of rotatable bonds is 6. The summed E-state index contributed by atoms with van der Waals surface area (Å²) in [4.78, 5) is 28.3. The maximum absolute atomic E-state index is 13.5. The minimum Gasteiger partial charge on any atom is -0.497 e. The topological polar surface area (TPSA) is 85.1 Å². The third-order valence-electron chi connectivity index (χ3n) is 5.25. The van der Waals surface area contributed by atoms with Gasteiger partial charge in [0.1, 0.15) is 17.7 Å². The highest BCUT2D eigenvalue weighted by Gasteiger charge is 2.37. The van der Waals surface area contributed by atoms with E-state index in [0.29, 0.717) is 11.3 Å². The van der Waals surface area contributed by atoms with Crippen LogP contribution in [0.2, 0.25) is 0 Å². The number of carbonyl (C=O) groups is 2. The van der Waals surface area contributed by atoms with Crippen LogP contribution in [0.1, 0.15) is 22.1 Å². The fraction of sp³-hybridized carbons (Fsp3) is 0.167. The summed E-state index contributed by atoms with van der Waals surface area (Å²) in [6.45, 7) is -0.188. The number of hydrogen-bond donors (Lipinski definition) is 1. The van der Waals surface area contributed by atoms with Gasteiger partial charge in [-0.3, -0.25) is 14.5 Å². The number of nitrogens with zero attached hydrogens (tertiary/aromatic N) is 2. The van der Waals surface area contributed by atoms with Crippen molar-refractivity contribution in [2.45, 2.75) is 6.17 Å². The molecule has 158 valence electrons. The molecule has 7 heteroatoms. The van der Waals surface area contributed by atoms with Crippen molar-refractivity contribution < 1.29 is 19.1 Å². The Bertz CT molecular complexity index is 1100. The van der Waals surface area contributed by atoms with Gasteiger partial charge in [0.2, 0.25) is 0 Å². The van der Waals surface area contributed by atoms with Crippen molar-refractivity contribution in [2.24, 2.45) is 5.73 Å². The van der Waals surface area contributed by atoms with Crippen LogP contribution in [0.5, 0.6) is 11.5 Å². The van der Waals surface area contributed by atoms with Gasteiger partial charge < -0.3 is 20.1 Å². The van der Waals surface area contributed by atoms with E-state index in [4.69, 9.17) is 15.2 Å². The molecule has 3 aromatic carbocycles. The van der Waals surface area contributed by atoms with Gasteiger partial charge in [-0.25, -0.2) is 0 Å². The summed E-state index contributed by atoms with van der Waals surface area (Å²) in [5, 5.41) is 0. The second kappa shape index (κ2) is 8.39. The Kier molecular flexibility index (Phi) is 5.49. The number of fused-ring (bicyclic) bond motifs is 1. The second-order valence-corrected chi connectivity index (χ2v) is 7.20. The van der Waals surface area contributed by atoms with Gasteiger partial charge in [0, 0.05) is 12.7 Å². The van der Waals surface area contributed by atoms with Crippen LogP contribution in [0.15, 0.2) is 72.8 Å². The number of carbonyl (C=O) groups excluding carboxylic acids is 2. The summed E-state index contributed by atoms with van der Waals surface area (Å²) in [6, 6.07) is 22.3. The highest BCUT2D eigenvalue weighted by atomic mass is 16.5. The van der Waals surface area contributed by atoms with Gasteiger partial charge in [-0.05, 0) is 54.1 Å². The van der Waals surface area contributed by atoms with Gasteiger partial charge in [0.15, 0.2) is 6.61 Å². The molecule has 3 aromatic rings. The van der Waals surface area contributed by atoms with Gasteiger partial charge in [-0.15, -0.1) is 0 Å². The highest BCUT2D eigenvalue weighted by Crippen LogP contribution is 2.41. The molecule has 0 aliphatic carbocycles. The first kappa shape index (κ1) is 20.3. The number of ether oxygens (including phenoxy) is 2. The molecule has 0 radical (unpaired) electrons.